The van der Waals surface area contributed by atoms with Gasteiger partial charge in [0.15, 0.2) is 0 Å². The van der Waals surface area contributed by atoms with Gasteiger partial charge in [0, 0.05) is 11.9 Å². The number of rotatable bonds is 5. The van der Waals surface area contributed by atoms with Crippen LogP contribution >= 0.6 is 11.6 Å². The summed E-state index contributed by atoms with van der Waals surface area (Å²) in [6, 6.07) is 15.9. The van der Waals surface area contributed by atoms with Crippen LogP contribution in [0.3, 0.4) is 0 Å². The highest BCUT2D eigenvalue weighted by Crippen LogP contribution is 2.23. The molecule has 0 fully saturated rings. The number of hydrogen-bond donors (Lipinski definition) is 3. The van der Waals surface area contributed by atoms with Gasteiger partial charge in [-0.25, -0.2) is 13.4 Å². The number of nitrogens with zero attached hydrogens (tertiary/aromatic N) is 2. The van der Waals surface area contributed by atoms with Crippen LogP contribution in [-0.2, 0) is 10.0 Å². The van der Waals surface area contributed by atoms with Gasteiger partial charge in [-0.15, -0.1) is 0 Å². The van der Waals surface area contributed by atoms with Gasteiger partial charge in [0.05, 0.1) is 21.2 Å². The Hall–Kier alpha value is -3.89. The van der Waals surface area contributed by atoms with Crippen LogP contribution in [0.25, 0.3) is 5.65 Å². The molecule has 2 amide bonds. The van der Waals surface area contributed by atoms with Crippen LogP contribution in [0.1, 0.15) is 32.1 Å². The summed E-state index contributed by atoms with van der Waals surface area (Å²) >= 11 is 6.14. The summed E-state index contributed by atoms with van der Waals surface area (Å²) in [6.45, 7) is 3.52. The lowest BCUT2D eigenvalue weighted by Crippen LogP contribution is -2.42. The van der Waals surface area contributed by atoms with Crippen molar-refractivity contribution in [2.24, 2.45) is 0 Å². The number of fused-ring (bicyclic) bond motifs is 1. The van der Waals surface area contributed by atoms with E-state index >= 15 is 0 Å². The van der Waals surface area contributed by atoms with Gasteiger partial charge in [0.25, 0.3) is 21.8 Å². The number of carbonyl (C=O) groups excluding carboxylic acids is 2. The molecule has 0 spiro atoms. The molecule has 2 aromatic carbocycles. The molecule has 34 heavy (non-hydrogen) atoms. The number of benzene rings is 2. The molecule has 11 heteroatoms. The largest absolute Gasteiger partial charge is 0.295 e. The Morgan fingerprint density at radius 2 is 1.71 bits per heavy atom. The first-order valence-electron chi connectivity index (χ1n) is 10.1. The van der Waals surface area contributed by atoms with Gasteiger partial charge in [-0.05, 0) is 61.9 Å². The number of aryl methyl sites for hydroxylation is 2. The molecule has 0 atom stereocenters. The predicted octanol–water partition coefficient (Wildman–Crippen LogP) is 3.48. The third kappa shape index (κ3) is 4.73. The number of halogens is 1. The highest BCUT2D eigenvalue weighted by atomic mass is 35.5. The van der Waals surface area contributed by atoms with E-state index in [0.717, 1.165) is 11.6 Å². The number of hydrogen-bond acceptors (Lipinski definition) is 5. The number of anilines is 1. The molecule has 2 heterocycles. The summed E-state index contributed by atoms with van der Waals surface area (Å²) in [4.78, 5) is 29.6. The van der Waals surface area contributed by atoms with Crippen molar-refractivity contribution in [2.75, 3.05) is 4.72 Å². The fraction of sp³-hybridized carbons (Fsp3) is 0.0870. The number of aromatic nitrogens is 2. The standard InChI is InChI=1S/C23H20ClN5O4S/c1-14-6-5-7-16(12-14)28-34(32,33)17-9-10-19(24)18(13-17)22(30)26-27-23(31)21-15(2)25-20-8-3-4-11-29(20)21/h3-13,28H,1-2H3,(H,26,30)(H,27,31). The van der Waals surface area contributed by atoms with Crippen LogP contribution < -0.4 is 15.6 Å². The number of sulfonamides is 1. The van der Waals surface area contributed by atoms with E-state index in [4.69, 9.17) is 11.6 Å². The zero-order valence-electron chi connectivity index (χ0n) is 18.2. The Morgan fingerprint density at radius 3 is 2.47 bits per heavy atom. The van der Waals surface area contributed by atoms with Crippen molar-refractivity contribution in [3.05, 3.63) is 94.4 Å². The minimum absolute atomic E-state index is 0.0206. The first-order chi connectivity index (χ1) is 16.2. The second-order valence-corrected chi connectivity index (χ2v) is 9.59. The Morgan fingerprint density at radius 1 is 0.941 bits per heavy atom. The third-order valence-corrected chi connectivity index (χ3v) is 6.68. The maximum atomic E-state index is 12.8. The molecule has 0 aliphatic carbocycles. The van der Waals surface area contributed by atoms with E-state index in [1.54, 1.807) is 53.9 Å². The zero-order valence-corrected chi connectivity index (χ0v) is 19.7. The van der Waals surface area contributed by atoms with Gasteiger partial charge in [-0.1, -0.05) is 29.8 Å². The molecule has 3 N–H and O–H groups in total. The molecule has 0 aliphatic rings. The second-order valence-electron chi connectivity index (χ2n) is 7.50. The van der Waals surface area contributed by atoms with Crippen LogP contribution in [-0.4, -0.2) is 29.6 Å². The SMILES string of the molecule is Cc1cccc(NS(=O)(=O)c2ccc(Cl)c(C(=O)NNC(=O)c3c(C)nc4ccccn34)c2)c1. The van der Waals surface area contributed by atoms with E-state index in [1.807, 2.05) is 13.0 Å². The van der Waals surface area contributed by atoms with Gasteiger partial charge in [0.2, 0.25) is 0 Å². The fourth-order valence-electron chi connectivity index (χ4n) is 3.40. The first-order valence-corrected chi connectivity index (χ1v) is 12.0. The number of amides is 2. The average Bonchev–Trinajstić information content (AvgIpc) is 3.13. The normalized spacial score (nSPS) is 11.3. The third-order valence-electron chi connectivity index (χ3n) is 4.97. The molecule has 0 unspecified atom stereocenters. The molecule has 0 saturated heterocycles. The van der Waals surface area contributed by atoms with Crippen molar-refractivity contribution < 1.29 is 18.0 Å². The predicted molar refractivity (Wildman–Crippen MR) is 128 cm³/mol. The van der Waals surface area contributed by atoms with Gasteiger partial charge in [-0.3, -0.25) is 29.6 Å². The van der Waals surface area contributed by atoms with Crippen molar-refractivity contribution in [1.29, 1.82) is 0 Å². The van der Waals surface area contributed by atoms with E-state index in [-0.39, 0.29) is 21.2 Å². The second kappa shape index (κ2) is 9.16. The molecule has 4 aromatic rings. The van der Waals surface area contributed by atoms with Crippen LogP contribution in [0.5, 0.6) is 0 Å². The number of nitrogens with one attached hydrogen (secondary N) is 3. The Kier molecular flexibility index (Phi) is 6.27. The fourth-order valence-corrected chi connectivity index (χ4v) is 4.67. The van der Waals surface area contributed by atoms with E-state index in [1.165, 1.54) is 12.1 Å². The van der Waals surface area contributed by atoms with Crippen molar-refractivity contribution in [3.63, 3.8) is 0 Å². The molecule has 4 rings (SSSR count). The lowest BCUT2D eigenvalue weighted by molar-refractivity contribution is 0.0843. The van der Waals surface area contributed by atoms with Crippen LogP contribution in [0.15, 0.2) is 71.8 Å². The maximum Gasteiger partial charge on any atom is 0.288 e. The van der Waals surface area contributed by atoms with E-state index in [0.29, 0.717) is 17.0 Å². The van der Waals surface area contributed by atoms with Crippen molar-refractivity contribution in [3.8, 4) is 0 Å². The van der Waals surface area contributed by atoms with Gasteiger partial charge in [0.1, 0.15) is 11.3 Å². The van der Waals surface area contributed by atoms with Crippen molar-refractivity contribution in [2.45, 2.75) is 18.7 Å². The van der Waals surface area contributed by atoms with Crippen molar-refractivity contribution >= 4 is 44.8 Å². The van der Waals surface area contributed by atoms with E-state index < -0.39 is 21.8 Å². The zero-order chi connectivity index (χ0) is 24.5. The molecular formula is C23H20ClN5O4S. The molecule has 0 bridgehead atoms. The van der Waals surface area contributed by atoms with Gasteiger partial charge in [-0.2, -0.15) is 0 Å². The molecule has 0 aliphatic heterocycles. The summed E-state index contributed by atoms with van der Waals surface area (Å²) in [5, 5.41) is 0.0206. The quantitative estimate of drug-likeness (QED) is 0.364. The lowest BCUT2D eigenvalue weighted by atomic mass is 10.2. The first kappa shape index (κ1) is 23.3. The highest BCUT2D eigenvalue weighted by Gasteiger charge is 2.21. The summed E-state index contributed by atoms with van der Waals surface area (Å²) in [7, 11) is -3.99. The average molecular weight is 498 g/mol. The maximum absolute atomic E-state index is 12.8. The number of carbonyl (C=O) groups is 2. The van der Waals surface area contributed by atoms with Crippen LogP contribution in [0, 0.1) is 13.8 Å². The topological polar surface area (TPSA) is 122 Å². The number of pyridine rings is 1. The van der Waals surface area contributed by atoms with E-state index in [9.17, 15) is 18.0 Å². The molecule has 0 radical (unpaired) electrons. The summed E-state index contributed by atoms with van der Waals surface area (Å²) in [5.74, 6) is -1.37. The van der Waals surface area contributed by atoms with Crippen molar-refractivity contribution in [1.82, 2.24) is 20.2 Å². The highest BCUT2D eigenvalue weighted by molar-refractivity contribution is 7.92. The molecule has 0 saturated carbocycles. The Bertz CT molecular complexity index is 1530. The number of imidazole rings is 1. The molecular weight excluding hydrogens is 478 g/mol. The monoisotopic (exact) mass is 497 g/mol. The summed E-state index contributed by atoms with van der Waals surface area (Å²) in [6.07, 6.45) is 1.68. The minimum Gasteiger partial charge on any atom is -0.295 e. The van der Waals surface area contributed by atoms with E-state index in [2.05, 4.69) is 20.6 Å². The molecule has 174 valence electrons. The molecule has 2 aromatic heterocycles. The van der Waals surface area contributed by atoms with Gasteiger partial charge < -0.3 is 0 Å². The number of hydrazine groups is 1. The lowest BCUT2D eigenvalue weighted by Gasteiger charge is -2.12. The van der Waals surface area contributed by atoms with Crippen LogP contribution in [0.4, 0.5) is 5.69 Å². The van der Waals surface area contributed by atoms with Gasteiger partial charge >= 0.3 is 0 Å². The minimum atomic E-state index is -3.99. The summed E-state index contributed by atoms with van der Waals surface area (Å²) < 4.78 is 29.7. The Balaban J connectivity index is 1.53. The molecule has 9 nitrogen and oxygen atoms in total. The Labute approximate surface area is 200 Å². The smallest absolute Gasteiger partial charge is 0.288 e. The summed E-state index contributed by atoms with van der Waals surface area (Å²) in [5.41, 5.74) is 7.06. The van der Waals surface area contributed by atoms with Crippen LogP contribution in [0.2, 0.25) is 5.02 Å².